The van der Waals surface area contributed by atoms with Gasteiger partial charge < -0.3 is 51.4 Å². The molecule has 0 radical (unpaired) electrons. The van der Waals surface area contributed by atoms with Gasteiger partial charge in [0, 0.05) is 113 Å². The van der Waals surface area contributed by atoms with Crippen molar-refractivity contribution in [2.45, 2.75) is 73.9 Å². The standard InChI is InChI=1S/C13H17ClN2OS.C13H17N3O3S.C12H15ClN2OS.2C10H10Cl2N2S.C10H10ClFN2S.C10H12N2S/c1-2-7-17-12-4-3-10(8-11(12)14)9-18-13-15-5-6-16-13;1-2-7-19-12-4-3-10(8-11(12)16(17)18)9-20-13-14-5-6-15-13;1-2-16-11-4-3-9(7-10(11)13)8-17-12-14-5-6-15-12;11-8-2-1-7(5-9(8)12)6-15-10-13-3-4-14-10;2*11-8-2-1-3-9(12)7(8)6-15-10-13-4-5-14-10;1-2-4-9(5-3-1)8-13-10-11-6-7-12-10/h3-4,8H,2,5-7,9H2,1H3,(H,15,16);3-4,8H,2,5-7,9H2,1H3,(H,14,15);3-4,7H,2,5-6,8H2,1H3,(H,14,15);1-2,5H,3-4,6H2,(H,13,14);2*1-3H,4-6H2,(H,13,14);1-5H,6-8H2,(H,11,12). The van der Waals surface area contributed by atoms with E-state index in [1.54, 1.807) is 94.8 Å². The van der Waals surface area contributed by atoms with Crippen LogP contribution in [0, 0.1) is 15.9 Å². The van der Waals surface area contributed by atoms with Crippen LogP contribution in [0.25, 0.3) is 0 Å². The molecule has 113 heavy (non-hydrogen) atoms. The summed E-state index contributed by atoms with van der Waals surface area (Å²) in [5.41, 5.74) is 7.31. The van der Waals surface area contributed by atoms with Crippen molar-refractivity contribution in [1.82, 2.24) is 37.2 Å². The Balaban J connectivity index is 0.000000166. The van der Waals surface area contributed by atoms with Crippen molar-refractivity contribution in [3.8, 4) is 17.2 Å². The molecule has 0 amide bonds. The van der Waals surface area contributed by atoms with Crippen molar-refractivity contribution in [3.63, 3.8) is 0 Å². The summed E-state index contributed by atoms with van der Waals surface area (Å²) in [6.07, 6.45) is 1.81. The maximum atomic E-state index is 13.4. The Labute approximate surface area is 726 Å². The number of nitro groups is 1. The Bertz CT molecular complexity index is 4280. The molecule has 0 bridgehead atoms. The summed E-state index contributed by atoms with van der Waals surface area (Å²) in [5.74, 6) is 7.13. The van der Waals surface area contributed by atoms with Crippen LogP contribution in [0.4, 0.5) is 10.1 Å². The van der Waals surface area contributed by atoms with E-state index in [0.717, 1.165) is 198 Å². The number of amidine groups is 7. The van der Waals surface area contributed by atoms with E-state index in [1.165, 1.54) is 34.5 Å². The average Bonchev–Trinajstić information content (AvgIpc) is 1.83. The van der Waals surface area contributed by atoms with Crippen LogP contribution in [0.3, 0.4) is 0 Å². The molecule has 606 valence electrons. The quantitative estimate of drug-likeness (QED) is 0.0233. The van der Waals surface area contributed by atoms with E-state index < -0.39 is 4.92 Å². The van der Waals surface area contributed by atoms with E-state index in [9.17, 15) is 14.5 Å². The number of aliphatic imine (C=N–C) groups is 7. The Morgan fingerprint density at radius 1 is 0.354 bits per heavy atom. The molecule has 0 saturated carbocycles. The number of halogens is 8. The van der Waals surface area contributed by atoms with E-state index in [4.69, 9.17) is 95.4 Å². The van der Waals surface area contributed by atoms with E-state index in [2.05, 4.69) is 109 Å². The van der Waals surface area contributed by atoms with Crippen molar-refractivity contribution >= 4 is 205 Å². The molecule has 0 aromatic heterocycles. The Morgan fingerprint density at radius 3 is 1.04 bits per heavy atom. The van der Waals surface area contributed by atoms with Crippen LogP contribution in [0.5, 0.6) is 17.2 Å². The van der Waals surface area contributed by atoms with Crippen LogP contribution >= 0.6 is 164 Å². The van der Waals surface area contributed by atoms with Gasteiger partial charge in [0.1, 0.15) is 17.3 Å². The minimum absolute atomic E-state index is 0.0258. The topological polar surface area (TPSA) is 242 Å². The van der Waals surface area contributed by atoms with E-state index in [-0.39, 0.29) is 11.5 Å². The van der Waals surface area contributed by atoms with Gasteiger partial charge in [0.05, 0.1) is 90.6 Å². The van der Waals surface area contributed by atoms with Gasteiger partial charge in [-0.2, -0.15) is 0 Å². The number of rotatable bonds is 23. The zero-order chi connectivity index (χ0) is 80.2. The summed E-state index contributed by atoms with van der Waals surface area (Å²) in [4.78, 5) is 40.8. The molecule has 7 N–H and O–H groups in total. The molecule has 7 aromatic rings. The van der Waals surface area contributed by atoms with Crippen molar-refractivity contribution < 1.29 is 23.5 Å². The van der Waals surface area contributed by atoms with Gasteiger partial charge in [-0.1, -0.05) is 244 Å². The highest BCUT2D eigenvalue weighted by molar-refractivity contribution is 8.14. The second-order valence-electron chi connectivity index (χ2n) is 24.2. The molecule has 20 nitrogen and oxygen atoms in total. The number of hydrogen-bond donors (Lipinski definition) is 7. The van der Waals surface area contributed by atoms with Gasteiger partial charge in [-0.15, -0.1) is 0 Å². The molecule has 0 fully saturated rings. The smallest absolute Gasteiger partial charge is 0.311 e. The fourth-order valence-corrected chi connectivity index (χ4v) is 18.0. The zero-order valence-corrected chi connectivity index (χ0v) is 73.7. The molecule has 7 heterocycles. The van der Waals surface area contributed by atoms with Gasteiger partial charge in [0.25, 0.3) is 0 Å². The highest BCUT2D eigenvalue weighted by Crippen LogP contribution is 2.34. The molecule has 0 spiro atoms. The van der Waals surface area contributed by atoms with Crippen LogP contribution in [-0.4, -0.2) is 153 Å². The van der Waals surface area contributed by atoms with Gasteiger partial charge >= 0.3 is 5.69 Å². The average molecular weight is 1810 g/mol. The van der Waals surface area contributed by atoms with Crippen LogP contribution < -0.4 is 51.4 Å². The molecule has 7 aromatic carbocycles. The van der Waals surface area contributed by atoms with Gasteiger partial charge in [-0.25, -0.2) is 4.39 Å². The number of thioether (sulfide) groups is 7. The molecule has 0 atom stereocenters. The van der Waals surface area contributed by atoms with E-state index in [1.807, 2.05) is 92.7 Å². The summed E-state index contributed by atoms with van der Waals surface area (Å²) in [7, 11) is 0. The van der Waals surface area contributed by atoms with Crippen molar-refractivity contribution in [3.05, 3.63) is 230 Å². The number of nitrogens with one attached hydrogen (secondary N) is 7. The van der Waals surface area contributed by atoms with Gasteiger partial charge in [0.15, 0.2) is 41.9 Å². The molecule has 0 saturated heterocycles. The Kier molecular flexibility index (Phi) is 43.7. The molecule has 0 aliphatic carbocycles. The first-order valence-electron chi connectivity index (χ1n) is 36.5. The monoisotopic (exact) mass is 1810 g/mol. The van der Waals surface area contributed by atoms with E-state index in [0.29, 0.717) is 77.8 Å². The number of nitrogens with zero attached hydrogens (tertiary/aromatic N) is 8. The molecule has 0 unspecified atom stereocenters. The lowest BCUT2D eigenvalue weighted by Gasteiger charge is -2.08. The van der Waals surface area contributed by atoms with Crippen LogP contribution in [0.15, 0.2) is 174 Å². The normalized spacial score (nSPS) is 14.6. The molecular weight excluding hydrogens is 1720 g/mol. The lowest BCUT2D eigenvalue weighted by Crippen LogP contribution is -2.15. The summed E-state index contributed by atoms with van der Waals surface area (Å²) >= 11 is 53.6. The zero-order valence-electron chi connectivity index (χ0n) is 62.7. The highest BCUT2D eigenvalue weighted by atomic mass is 35.5. The van der Waals surface area contributed by atoms with Gasteiger partial charge in [-0.05, 0) is 120 Å². The molecular formula is C78H91Cl7FN15O5S7. The minimum Gasteiger partial charge on any atom is -0.492 e. The maximum Gasteiger partial charge on any atom is 0.311 e. The second-order valence-corrected chi connectivity index (χ2v) is 33.8. The van der Waals surface area contributed by atoms with Crippen molar-refractivity contribution in [2.75, 3.05) is 111 Å². The predicted molar refractivity (Wildman–Crippen MR) is 491 cm³/mol. The third-order valence-electron chi connectivity index (χ3n) is 15.5. The van der Waals surface area contributed by atoms with Gasteiger partial charge in [-0.3, -0.25) is 45.1 Å². The SMILES string of the molecule is CCCOc1ccc(CSC2=NCCN2)cc1Cl.CCCOc1ccc(CSC2=NCCN2)cc1[N+](=O)[O-].CCOc1ccc(CSC2=NCCN2)cc1Cl.Clc1ccc(CSC2=NCCN2)cc1Cl.Clc1cccc(Cl)c1CSC1=NCCN1.Fc1cccc(Cl)c1CSC1=NCCN1.c1ccc(CSC2=NCCN2)cc1. The lowest BCUT2D eigenvalue weighted by atomic mass is 10.2. The van der Waals surface area contributed by atoms with Gasteiger partial charge in [0.2, 0.25) is 0 Å². The fraction of sp³-hybridized carbons (Fsp3) is 0.372. The third-order valence-corrected chi connectivity index (χ3v) is 24.9. The van der Waals surface area contributed by atoms with Crippen molar-refractivity contribution in [2.24, 2.45) is 34.9 Å². The van der Waals surface area contributed by atoms with Crippen molar-refractivity contribution in [1.29, 1.82) is 0 Å². The van der Waals surface area contributed by atoms with E-state index >= 15 is 0 Å². The number of nitro benzene ring substituents is 1. The maximum absolute atomic E-state index is 13.4. The number of hydrogen-bond acceptors (Lipinski definition) is 26. The predicted octanol–water partition coefficient (Wildman–Crippen LogP) is 19.8. The number of benzene rings is 7. The first-order valence-corrected chi connectivity index (χ1v) is 46.0. The minimum atomic E-state index is -0.398. The fourth-order valence-electron chi connectivity index (χ4n) is 9.89. The van der Waals surface area contributed by atoms with Crippen LogP contribution in [0.1, 0.15) is 72.6 Å². The van der Waals surface area contributed by atoms with Crippen LogP contribution in [0.2, 0.25) is 35.2 Å². The largest absolute Gasteiger partial charge is 0.492 e. The van der Waals surface area contributed by atoms with Crippen LogP contribution in [-0.2, 0) is 40.3 Å². The molecule has 35 heteroatoms. The first-order chi connectivity index (χ1) is 55.0. The number of ether oxygens (including phenoxy) is 3. The Hall–Kier alpha value is -5.96. The molecule has 7 aliphatic heterocycles. The third kappa shape index (κ3) is 35.0. The molecule has 7 aliphatic rings. The highest BCUT2D eigenvalue weighted by Gasteiger charge is 2.19. The summed E-state index contributed by atoms with van der Waals surface area (Å²) in [5, 5.41) is 44.8. The molecule has 14 rings (SSSR count). The lowest BCUT2D eigenvalue weighted by molar-refractivity contribution is -0.385. The Morgan fingerprint density at radius 2 is 0.681 bits per heavy atom. The summed E-state index contributed by atoms with van der Waals surface area (Å²) < 4.78 is 29.7. The first kappa shape index (κ1) is 92.5. The summed E-state index contributed by atoms with van der Waals surface area (Å²) in [6.45, 7) is 20.3. The summed E-state index contributed by atoms with van der Waals surface area (Å²) in [6, 6.07) is 43.4. The second kappa shape index (κ2) is 53.4.